The maximum absolute atomic E-state index is 12.9. The summed E-state index contributed by atoms with van der Waals surface area (Å²) in [6, 6.07) is 5.46. The van der Waals surface area contributed by atoms with Crippen molar-refractivity contribution in [2.75, 3.05) is 46.4 Å². The summed E-state index contributed by atoms with van der Waals surface area (Å²) in [5.41, 5.74) is 0.246. The maximum Gasteiger partial charge on any atom is 0.416 e. The van der Waals surface area contributed by atoms with Gasteiger partial charge < -0.3 is 15.0 Å². The van der Waals surface area contributed by atoms with Crippen molar-refractivity contribution in [2.24, 2.45) is 4.99 Å². The summed E-state index contributed by atoms with van der Waals surface area (Å²) in [5.74, 6) is 0.828. The lowest BCUT2D eigenvalue weighted by Gasteiger charge is -2.36. The van der Waals surface area contributed by atoms with E-state index in [0.717, 1.165) is 57.2 Å². The first-order valence-corrected chi connectivity index (χ1v) is 10.8. The summed E-state index contributed by atoms with van der Waals surface area (Å²) in [4.78, 5) is 8.89. The van der Waals surface area contributed by atoms with Crippen molar-refractivity contribution in [1.29, 1.82) is 0 Å². The Kier molecular flexibility index (Phi) is 9.42. The molecule has 1 aliphatic heterocycles. The first-order valence-electron chi connectivity index (χ1n) is 10.8. The molecule has 2 rings (SSSR count). The van der Waals surface area contributed by atoms with Gasteiger partial charge in [0.15, 0.2) is 5.96 Å². The zero-order valence-corrected chi connectivity index (χ0v) is 18.5. The van der Waals surface area contributed by atoms with E-state index in [1.165, 1.54) is 12.1 Å². The van der Waals surface area contributed by atoms with E-state index in [1.807, 2.05) is 6.92 Å². The number of hydrogen-bond acceptors (Lipinski definition) is 3. The Morgan fingerprint density at radius 1 is 1.17 bits per heavy atom. The zero-order valence-electron chi connectivity index (χ0n) is 18.5. The van der Waals surface area contributed by atoms with Crippen LogP contribution in [0.1, 0.15) is 50.8 Å². The quantitative estimate of drug-likeness (QED) is 0.499. The number of hydrogen-bond donors (Lipinski definition) is 1. The van der Waals surface area contributed by atoms with E-state index in [1.54, 1.807) is 19.2 Å². The fourth-order valence-electron chi connectivity index (χ4n) is 4.01. The Hall–Kier alpha value is -1.80. The fourth-order valence-corrected chi connectivity index (χ4v) is 4.01. The molecule has 8 heteroatoms. The molecular weight excluding hydrogens is 393 g/mol. The predicted molar refractivity (Wildman–Crippen MR) is 115 cm³/mol. The molecule has 0 aliphatic carbocycles. The van der Waals surface area contributed by atoms with E-state index in [9.17, 15) is 13.2 Å². The molecule has 0 aromatic heterocycles. The lowest BCUT2D eigenvalue weighted by atomic mass is 10.0. The highest BCUT2D eigenvalue weighted by Crippen LogP contribution is 2.30. The van der Waals surface area contributed by atoms with Crippen LogP contribution in [0.2, 0.25) is 0 Å². The summed E-state index contributed by atoms with van der Waals surface area (Å²) >= 11 is 0. The van der Waals surface area contributed by atoms with Crippen molar-refractivity contribution in [3.8, 4) is 0 Å². The van der Waals surface area contributed by atoms with Gasteiger partial charge in [-0.05, 0) is 50.6 Å². The van der Waals surface area contributed by atoms with Gasteiger partial charge in [0.05, 0.1) is 17.7 Å². The first-order chi connectivity index (χ1) is 14.3. The SMILES string of the molecule is CCOC1CCN(C(=NC)NCC(c2ccc(C(F)(F)F)cc2)N(CC)CC)CC1. The van der Waals surface area contributed by atoms with Crippen LogP contribution in [0.3, 0.4) is 0 Å². The van der Waals surface area contributed by atoms with Crippen molar-refractivity contribution >= 4 is 5.96 Å². The summed E-state index contributed by atoms with van der Waals surface area (Å²) < 4.78 is 44.5. The molecule has 1 aliphatic rings. The van der Waals surface area contributed by atoms with Gasteiger partial charge >= 0.3 is 6.18 Å². The zero-order chi connectivity index (χ0) is 22.1. The average Bonchev–Trinajstić information content (AvgIpc) is 2.74. The third-order valence-corrected chi connectivity index (χ3v) is 5.69. The van der Waals surface area contributed by atoms with Crippen LogP contribution in [-0.4, -0.2) is 68.2 Å². The number of ether oxygens (including phenoxy) is 1. The highest BCUT2D eigenvalue weighted by Gasteiger charge is 2.31. The van der Waals surface area contributed by atoms with Gasteiger partial charge in [0.25, 0.3) is 0 Å². The van der Waals surface area contributed by atoms with Crippen molar-refractivity contribution in [3.63, 3.8) is 0 Å². The molecule has 1 aromatic carbocycles. The molecule has 1 N–H and O–H groups in total. The van der Waals surface area contributed by atoms with E-state index < -0.39 is 11.7 Å². The van der Waals surface area contributed by atoms with Gasteiger partial charge in [-0.25, -0.2) is 0 Å². The average molecular weight is 429 g/mol. The van der Waals surface area contributed by atoms with Crippen LogP contribution < -0.4 is 5.32 Å². The number of likely N-dealkylation sites (tertiary alicyclic amines) is 1. The van der Waals surface area contributed by atoms with E-state index in [-0.39, 0.29) is 6.04 Å². The number of guanidine groups is 1. The second kappa shape index (κ2) is 11.6. The van der Waals surface area contributed by atoms with Gasteiger partial charge in [-0.15, -0.1) is 0 Å². The predicted octanol–water partition coefficient (Wildman–Crippen LogP) is 4.16. The van der Waals surface area contributed by atoms with E-state index in [2.05, 4.69) is 34.0 Å². The molecule has 0 saturated carbocycles. The summed E-state index contributed by atoms with van der Waals surface area (Å²) in [6.07, 6.45) is -2.09. The normalized spacial score (nSPS) is 17.5. The van der Waals surface area contributed by atoms with Crippen molar-refractivity contribution in [3.05, 3.63) is 35.4 Å². The first kappa shape index (κ1) is 24.5. The van der Waals surface area contributed by atoms with Crippen LogP contribution >= 0.6 is 0 Å². The fraction of sp³-hybridized carbons (Fsp3) is 0.682. The van der Waals surface area contributed by atoms with Gasteiger partial charge in [-0.1, -0.05) is 26.0 Å². The van der Waals surface area contributed by atoms with Crippen LogP contribution in [0.5, 0.6) is 0 Å². The number of rotatable bonds is 8. The molecule has 1 atom stereocenters. The van der Waals surface area contributed by atoms with Crippen LogP contribution in [0.4, 0.5) is 13.2 Å². The number of benzene rings is 1. The number of alkyl halides is 3. The molecule has 1 unspecified atom stereocenters. The number of nitrogens with one attached hydrogen (secondary N) is 1. The summed E-state index contributed by atoms with van der Waals surface area (Å²) in [6.45, 7) is 10.8. The van der Waals surface area contributed by atoms with Gasteiger partial charge in [-0.3, -0.25) is 9.89 Å². The molecule has 0 radical (unpaired) electrons. The largest absolute Gasteiger partial charge is 0.416 e. The summed E-state index contributed by atoms with van der Waals surface area (Å²) in [5, 5.41) is 3.45. The van der Waals surface area contributed by atoms with Crippen LogP contribution in [0.15, 0.2) is 29.3 Å². The highest BCUT2D eigenvalue weighted by molar-refractivity contribution is 5.80. The second-order valence-electron chi connectivity index (χ2n) is 7.43. The lowest BCUT2D eigenvalue weighted by Crippen LogP contribution is -2.49. The molecular formula is C22H35F3N4O. The third kappa shape index (κ3) is 6.60. The molecule has 30 heavy (non-hydrogen) atoms. The number of nitrogens with zero attached hydrogens (tertiary/aromatic N) is 3. The van der Waals surface area contributed by atoms with Crippen LogP contribution in [-0.2, 0) is 10.9 Å². The van der Waals surface area contributed by atoms with E-state index >= 15 is 0 Å². The number of likely N-dealkylation sites (N-methyl/N-ethyl adjacent to an activating group) is 1. The lowest BCUT2D eigenvalue weighted by molar-refractivity contribution is -0.137. The number of halogens is 3. The smallest absolute Gasteiger partial charge is 0.378 e. The Labute approximate surface area is 178 Å². The second-order valence-corrected chi connectivity index (χ2v) is 7.43. The van der Waals surface area contributed by atoms with E-state index in [4.69, 9.17) is 4.74 Å². The van der Waals surface area contributed by atoms with E-state index in [0.29, 0.717) is 12.6 Å². The Morgan fingerprint density at radius 3 is 2.23 bits per heavy atom. The van der Waals surface area contributed by atoms with Gasteiger partial charge in [0.2, 0.25) is 0 Å². The molecule has 1 fully saturated rings. The van der Waals surface area contributed by atoms with Gasteiger partial charge in [0, 0.05) is 33.3 Å². The molecule has 1 heterocycles. The molecule has 170 valence electrons. The minimum absolute atomic E-state index is 0.0417. The van der Waals surface area contributed by atoms with Crippen molar-refractivity contribution in [1.82, 2.24) is 15.1 Å². The molecule has 0 amide bonds. The number of aliphatic imine (C=N–C) groups is 1. The Morgan fingerprint density at radius 2 is 1.77 bits per heavy atom. The van der Waals surface area contributed by atoms with Crippen LogP contribution in [0.25, 0.3) is 0 Å². The third-order valence-electron chi connectivity index (χ3n) is 5.69. The number of piperidine rings is 1. The Balaban J connectivity index is 2.07. The standard InChI is InChI=1S/C22H35F3N4O/c1-5-28(6-2)20(17-8-10-18(11-9-17)22(23,24)25)16-27-21(26-4)29-14-12-19(13-15-29)30-7-3/h8-11,19-20H,5-7,12-16H2,1-4H3,(H,26,27). The monoisotopic (exact) mass is 428 g/mol. The molecule has 1 aromatic rings. The maximum atomic E-state index is 12.9. The molecule has 5 nitrogen and oxygen atoms in total. The highest BCUT2D eigenvalue weighted by atomic mass is 19.4. The molecule has 0 bridgehead atoms. The van der Waals surface area contributed by atoms with Gasteiger partial charge in [0.1, 0.15) is 0 Å². The minimum Gasteiger partial charge on any atom is -0.378 e. The molecule has 0 spiro atoms. The van der Waals surface area contributed by atoms with Gasteiger partial charge in [-0.2, -0.15) is 13.2 Å². The Bertz CT molecular complexity index is 651. The molecule has 1 saturated heterocycles. The van der Waals surface area contributed by atoms with Crippen molar-refractivity contribution < 1.29 is 17.9 Å². The summed E-state index contributed by atoms with van der Waals surface area (Å²) in [7, 11) is 1.77. The van der Waals surface area contributed by atoms with Crippen molar-refractivity contribution in [2.45, 2.75) is 51.9 Å². The topological polar surface area (TPSA) is 40.1 Å². The minimum atomic E-state index is -4.32. The van der Waals surface area contributed by atoms with Crippen LogP contribution in [0, 0.1) is 0 Å².